The summed E-state index contributed by atoms with van der Waals surface area (Å²) in [4.78, 5) is 23.8. The molecular weight excluding hydrogens is 326 g/mol. The van der Waals surface area contributed by atoms with Crippen LogP contribution in [0.3, 0.4) is 0 Å². The molecule has 0 saturated carbocycles. The predicted octanol–water partition coefficient (Wildman–Crippen LogP) is 4.20. The molecule has 4 heteroatoms. The molecule has 0 saturated heterocycles. The van der Waals surface area contributed by atoms with Crippen molar-refractivity contribution in [1.82, 2.24) is 5.32 Å². The van der Waals surface area contributed by atoms with E-state index in [-0.39, 0.29) is 23.6 Å². The zero-order valence-electron chi connectivity index (χ0n) is 15.7. The van der Waals surface area contributed by atoms with Crippen LogP contribution in [0.25, 0.3) is 6.08 Å². The van der Waals surface area contributed by atoms with Crippen molar-refractivity contribution in [3.63, 3.8) is 0 Å². The third kappa shape index (κ3) is 5.88. The van der Waals surface area contributed by atoms with E-state index in [4.69, 9.17) is 4.74 Å². The number of ether oxygens (including phenoxy) is 1. The maximum atomic E-state index is 12.4. The van der Waals surface area contributed by atoms with Gasteiger partial charge in [-0.15, -0.1) is 0 Å². The van der Waals surface area contributed by atoms with Crippen molar-refractivity contribution in [3.8, 4) is 0 Å². The summed E-state index contributed by atoms with van der Waals surface area (Å²) in [6, 6.07) is 17.3. The van der Waals surface area contributed by atoms with E-state index in [0.29, 0.717) is 0 Å². The first kappa shape index (κ1) is 19.4. The summed E-state index contributed by atoms with van der Waals surface area (Å²) in [5.41, 5.74) is 3.12. The van der Waals surface area contributed by atoms with Crippen molar-refractivity contribution in [3.05, 3.63) is 77.0 Å². The van der Waals surface area contributed by atoms with Gasteiger partial charge in [0.15, 0.2) is 0 Å². The lowest BCUT2D eigenvalue weighted by molar-refractivity contribution is -0.141. The van der Waals surface area contributed by atoms with Gasteiger partial charge in [-0.1, -0.05) is 75.4 Å². The van der Waals surface area contributed by atoms with Crippen LogP contribution in [0.1, 0.15) is 44.4 Å². The zero-order valence-corrected chi connectivity index (χ0v) is 15.7. The van der Waals surface area contributed by atoms with Crippen molar-refractivity contribution >= 4 is 18.0 Å². The molecule has 0 aliphatic rings. The number of nitrogens with one attached hydrogen (secondary N) is 1. The maximum absolute atomic E-state index is 12.4. The van der Waals surface area contributed by atoms with E-state index in [2.05, 4.69) is 26.1 Å². The minimum Gasteiger partial charge on any atom is -0.456 e. The van der Waals surface area contributed by atoms with Crippen LogP contribution < -0.4 is 5.32 Å². The van der Waals surface area contributed by atoms with Gasteiger partial charge in [0.1, 0.15) is 12.3 Å². The molecule has 0 aromatic heterocycles. The molecule has 4 nitrogen and oxygen atoms in total. The number of amides is 1. The highest BCUT2D eigenvalue weighted by atomic mass is 16.5. The van der Waals surface area contributed by atoms with Crippen LogP contribution in [0.4, 0.5) is 0 Å². The molecule has 0 fully saturated rings. The number of esters is 1. The van der Waals surface area contributed by atoms with E-state index in [1.165, 1.54) is 12.5 Å². The average molecular weight is 351 g/mol. The molecule has 0 spiro atoms. The Morgan fingerprint density at radius 2 is 1.62 bits per heavy atom. The highest BCUT2D eigenvalue weighted by Gasteiger charge is 2.15. The summed E-state index contributed by atoms with van der Waals surface area (Å²) in [7, 11) is 0. The highest BCUT2D eigenvalue weighted by molar-refractivity contribution is 5.97. The van der Waals surface area contributed by atoms with Crippen LogP contribution in [0.5, 0.6) is 0 Å². The molecule has 1 amide bonds. The molecule has 0 bridgehead atoms. The average Bonchev–Trinajstić information content (AvgIpc) is 2.59. The van der Waals surface area contributed by atoms with Crippen LogP contribution in [-0.2, 0) is 26.3 Å². The third-order valence-corrected chi connectivity index (χ3v) is 3.83. The van der Waals surface area contributed by atoms with Crippen molar-refractivity contribution < 1.29 is 14.3 Å². The number of carbonyl (C=O) groups excluding carboxylic acids is 2. The van der Waals surface area contributed by atoms with Gasteiger partial charge in [0.25, 0.3) is 0 Å². The second-order valence-electron chi connectivity index (χ2n) is 7.17. The minimum absolute atomic E-state index is 0.0756. The number of benzene rings is 2. The summed E-state index contributed by atoms with van der Waals surface area (Å²) in [6.07, 6.45) is 1.60. The molecule has 2 rings (SSSR count). The number of rotatable bonds is 5. The van der Waals surface area contributed by atoms with Gasteiger partial charge < -0.3 is 10.1 Å². The lowest BCUT2D eigenvalue weighted by Crippen LogP contribution is -2.26. The Morgan fingerprint density at radius 3 is 2.15 bits per heavy atom. The SMILES string of the molecule is CC(=O)NC(=Cc1ccccc1)C(=O)OCc1ccc(C(C)(C)C)cc1. The topological polar surface area (TPSA) is 55.4 Å². The van der Waals surface area contributed by atoms with E-state index in [0.717, 1.165) is 11.1 Å². The normalized spacial score (nSPS) is 11.8. The van der Waals surface area contributed by atoms with E-state index >= 15 is 0 Å². The Bertz CT molecular complexity index is 784. The second-order valence-corrected chi connectivity index (χ2v) is 7.17. The maximum Gasteiger partial charge on any atom is 0.355 e. The monoisotopic (exact) mass is 351 g/mol. The first-order chi connectivity index (χ1) is 12.3. The van der Waals surface area contributed by atoms with Crippen LogP contribution in [0.2, 0.25) is 0 Å². The molecule has 0 atom stereocenters. The number of hydrogen-bond donors (Lipinski definition) is 1. The molecule has 2 aromatic carbocycles. The quantitative estimate of drug-likeness (QED) is 0.649. The molecule has 26 heavy (non-hydrogen) atoms. The summed E-state index contributed by atoms with van der Waals surface area (Å²) in [5.74, 6) is -0.886. The zero-order chi connectivity index (χ0) is 19.2. The van der Waals surface area contributed by atoms with Gasteiger partial charge >= 0.3 is 5.97 Å². The molecule has 0 aliphatic carbocycles. The van der Waals surface area contributed by atoms with Gasteiger partial charge in [-0.2, -0.15) is 0 Å². The van der Waals surface area contributed by atoms with E-state index < -0.39 is 5.97 Å². The van der Waals surface area contributed by atoms with Crippen molar-refractivity contribution in [2.45, 2.75) is 39.7 Å². The number of carbonyl (C=O) groups is 2. The molecule has 2 aromatic rings. The predicted molar refractivity (Wildman–Crippen MR) is 103 cm³/mol. The Labute approximate surface area is 154 Å². The van der Waals surface area contributed by atoms with Crippen LogP contribution in [-0.4, -0.2) is 11.9 Å². The van der Waals surface area contributed by atoms with E-state index in [1.807, 2.05) is 54.6 Å². The molecule has 0 heterocycles. The standard InChI is InChI=1S/C22H25NO3/c1-16(24)23-20(14-17-8-6-5-7-9-17)21(25)26-15-18-10-12-19(13-11-18)22(2,3)4/h5-14H,15H2,1-4H3,(H,23,24). The van der Waals surface area contributed by atoms with E-state index in [1.54, 1.807) is 6.08 Å². The molecule has 136 valence electrons. The molecule has 0 radical (unpaired) electrons. The fourth-order valence-electron chi connectivity index (χ4n) is 2.38. The Balaban J connectivity index is 2.07. The largest absolute Gasteiger partial charge is 0.456 e. The van der Waals surface area contributed by atoms with Crippen molar-refractivity contribution in [2.24, 2.45) is 0 Å². The Hall–Kier alpha value is -2.88. The fourth-order valence-corrected chi connectivity index (χ4v) is 2.38. The van der Waals surface area contributed by atoms with Gasteiger partial charge in [-0.3, -0.25) is 4.79 Å². The first-order valence-electron chi connectivity index (χ1n) is 8.56. The van der Waals surface area contributed by atoms with E-state index in [9.17, 15) is 9.59 Å². The van der Waals surface area contributed by atoms with Crippen LogP contribution in [0, 0.1) is 0 Å². The summed E-state index contributed by atoms with van der Waals surface area (Å²) in [6.45, 7) is 7.95. The molecule has 0 aliphatic heterocycles. The lowest BCUT2D eigenvalue weighted by Gasteiger charge is -2.19. The van der Waals surface area contributed by atoms with Gasteiger partial charge in [-0.25, -0.2) is 4.79 Å². The van der Waals surface area contributed by atoms with Crippen molar-refractivity contribution in [2.75, 3.05) is 0 Å². The van der Waals surface area contributed by atoms with Gasteiger partial charge in [0.05, 0.1) is 0 Å². The smallest absolute Gasteiger partial charge is 0.355 e. The Kier molecular flexibility index (Phi) is 6.34. The van der Waals surface area contributed by atoms with Crippen LogP contribution >= 0.6 is 0 Å². The van der Waals surface area contributed by atoms with Crippen molar-refractivity contribution in [1.29, 1.82) is 0 Å². The molecule has 1 N–H and O–H groups in total. The van der Waals surface area contributed by atoms with Gasteiger partial charge in [0.2, 0.25) is 5.91 Å². The lowest BCUT2D eigenvalue weighted by atomic mass is 9.87. The van der Waals surface area contributed by atoms with Gasteiger partial charge in [-0.05, 0) is 28.2 Å². The second kappa shape index (κ2) is 8.48. The summed E-state index contributed by atoms with van der Waals surface area (Å²) in [5, 5.41) is 2.54. The molecule has 0 unspecified atom stereocenters. The number of hydrogen-bond acceptors (Lipinski definition) is 3. The Morgan fingerprint density at radius 1 is 1.00 bits per heavy atom. The van der Waals surface area contributed by atoms with Crippen LogP contribution in [0.15, 0.2) is 60.3 Å². The highest BCUT2D eigenvalue weighted by Crippen LogP contribution is 2.22. The third-order valence-electron chi connectivity index (χ3n) is 3.83. The fraction of sp³-hybridized carbons (Fsp3) is 0.273. The summed E-state index contributed by atoms with van der Waals surface area (Å²) >= 11 is 0. The summed E-state index contributed by atoms with van der Waals surface area (Å²) < 4.78 is 5.37. The minimum atomic E-state index is -0.566. The van der Waals surface area contributed by atoms with Gasteiger partial charge in [0, 0.05) is 6.92 Å². The first-order valence-corrected chi connectivity index (χ1v) is 8.56. The molecular formula is C22H25NO3.